The molecule has 92 valence electrons. The molecule has 2 fully saturated rings. The third-order valence-corrected chi connectivity index (χ3v) is 4.56. The number of nitrogens with zero attached hydrogens (tertiary/aromatic N) is 2. The maximum atomic E-state index is 5.82. The van der Waals surface area contributed by atoms with Crippen molar-refractivity contribution < 1.29 is 4.74 Å². The van der Waals surface area contributed by atoms with Crippen molar-refractivity contribution in [1.29, 1.82) is 0 Å². The molecule has 1 aromatic rings. The van der Waals surface area contributed by atoms with E-state index in [1.165, 1.54) is 19.3 Å². The van der Waals surface area contributed by atoms with Gasteiger partial charge in [0.1, 0.15) is 5.82 Å². The van der Waals surface area contributed by atoms with Crippen LogP contribution in [-0.2, 0) is 4.74 Å². The molecule has 1 saturated carbocycles. The van der Waals surface area contributed by atoms with Crippen molar-refractivity contribution >= 4 is 37.7 Å². The molecular weight excluding hydrogens is 348 g/mol. The Kier molecular flexibility index (Phi) is 3.41. The zero-order chi connectivity index (χ0) is 11.8. The molecule has 17 heavy (non-hydrogen) atoms. The van der Waals surface area contributed by atoms with E-state index < -0.39 is 0 Å². The second-order valence-corrected chi connectivity index (χ2v) is 6.33. The summed E-state index contributed by atoms with van der Waals surface area (Å²) >= 11 is 7.05. The summed E-state index contributed by atoms with van der Waals surface area (Å²) in [6, 6.07) is 2.57. The van der Waals surface area contributed by atoms with Crippen molar-refractivity contribution in [2.75, 3.05) is 18.1 Å². The van der Waals surface area contributed by atoms with E-state index in [0.29, 0.717) is 12.1 Å². The van der Waals surface area contributed by atoms with Gasteiger partial charge in [-0.15, -0.1) is 0 Å². The number of aromatic nitrogens is 1. The molecule has 2 atom stereocenters. The van der Waals surface area contributed by atoms with Crippen LogP contribution in [0, 0.1) is 0 Å². The number of halogens is 2. The maximum Gasteiger partial charge on any atom is 0.143 e. The number of fused-ring (bicyclic) bond motifs is 1. The average Bonchev–Trinajstić information content (AvgIpc) is 2.77. The molecule has 0 radical (unpaired) electrons. The number of hydrogen-bond acceptors (Lipinski definition) is 3. The van der Waals surface area contributed by atoms with Gasteiger partial charge in [0, 0.05) is 17.2 Å². The lowest BCUT2D eigenvalue weighted by molar-refractivity contribution is 0.0252. The molecule has 0 spiro atoms. The Balaban J connectivity index is 1.91. The van der Waals surface area contributed by atoms with Gasteiger partial charge in [-0.05, 0) is 57.2 Å². The minimum Gasteiger partial charge on any atom is -0.374 e. The summed E-state index contributed by atoms with van der Waals surface area (Å²) in [5.74, 6) is 1.05. The second-order valence-electron chi connectivity index (χ2n) is 4.56. The van der Waals surface area contributed by atoms with Crippen LogP contribution in [0.3, 0.4) is 0 Å². The van der Waals surface area contributed by atoms with Gasteiger partial charge in [0.15, 0.2) is 0 Å². The molecule has 0 amide bonds. The van der Waals surface area contributed by atoms with Gasteiger partial charge in [0.05, 0.1) is 23.2 Å². The van der Waals surface area contributed by atoms with Gasteiger partial charge < -0.3 is 9.64 Å². The molecule has 3 rings (SSSR count). The molecule has 0 aromatic carbocycles. The lowest BCUT2D eigenvalue weighted by atomic mass is 10.1. The van der Waals surface area contributed by atoms with Gasteiger partial charge in [-0.1, -0.05) is 0 Å². The van der Waals surface area contributed by atoms with Gasteiger partial charge >= 0.3 is 0 Å². The third kappa shape index (κ3) is 2.25. The Bertz CT molecular complexity index is 427. The van der Waals surface area contributed by atoms with Crippen molar-refractivity contribution in [2.24, 2.45) is 0 Å². The summed E-state index contributed by atoms with van der Waals surface area (Å²) < 4.78 is 7.88. The minimum atomic E-state index is 0.404. The molecule has 5 heteroatoms. The van der Waals surface area contributed by atoms with E-state index in [4.69, 9.17) is 4.74 Å². The van der Waals surface area contributed by atoms with Gasteiger partial charge in [0.25, 0.3) is 0 Å². The highest BCUT2D eigenvalue weighted by molar-refractivity contribution is 9.11. The minimum absolute atomic E-state index is 0.404. The Morgan fingerprint density at radius 1 is 1.35 bits per heavy atom. The van der Waals surface area contributed by atoms with E-state index in [2.05, 4.69) is 47.8 Å². The topological polar surface area (TPSA) is 25.4 Å². The molecule has 2 aliphatic rings. The smallest absolute Gasteiger partial charge is 0.143 e. The van der Waals surface area contributed by atoms with Crippen molar-refractivity contribution in [3.63, 3.8) is 0 Å². The lowest BCUT2D eigenvalue weighted by Crippen LogP contribution is -2.49. The largest absolute Gasteiger partial charge is 0.374 e. The molecule has 1 saturated heterocycles. The van der Waals surface area contributed by atoms with E-state index in [1.807, 2.05) is 6.20 Å². The van der Waals surface area contributed by atoms with Crippen LogP contribution in [0.15, 0.2) is 21.2 Å². The summed E-state index contributed by atoms with van der Waals surface area (Å²) in [6.07, 6.45) is 5.94. The summed E-state index contributed by atoms with van der Waals surface area (Å²) in [7, 11) is 0. The average molecular weight is 362 g/mol. The molecule has 1 aliphatic heterocycles. The zero-order valence-electron chi connectivity index (χ0n) is 9.40. The first kappa shape index (κ1) is 11.9. The van der Waals surface area contributed by atoms with E-state index >= 15 is 0 Å². The molecule has 0 N–H and O–H groups in total. The number of hydrogen-bond donors (Lipinski definition) is 0. The quantitative estimate of drug-likeness (QED) is 0.766. The predicted octanol–water partition coefficient (Wildman–Crippen LogP) is 3.36. The molecule has 2 unspecified atom stereocenters. The Morgan fingerprint density at radius 2 is 2.24 bits per heavy atom. The van der Waals surface area contributed by atoms with E-state index in [1.54, 1.807) is 0 Å². The molecule has 1 aromatic heterocycles. The molecule has 0 bridgehead atoms. The van der Waals surface area contributed by atoms with E-state index in [-0.39, 0.29) is 0 Å². The fourth-order valence-corrected chi connectivity index (χ4v) is 4.02. The van der Waals surface area contributed by atoms with E-state index in [0.717, 1.165) is 27.9 Å². The molecule has 3 nitrogen and oxygen atoms in total. The van der Waals surface area contributed by atoms with Crippen LogP contribution >= 0.6 is 31.9 Å². The summed E-state index contributed by atoms with van der Waals surface area (Å²) in [4.78, 5) is 6.94. The third-order valence-electron chi connectivity index (χ3n) is 3.54. The fourth-order valence-electron chi connectivity index (χ4n) is 2.81. The van der Waals surface area contributed by atoms with Crippen LogP contribution in [0.1, 0.15) is 19.3 Å². The van der Waals surface area contributed by atoms with Crippen molar-refractivity contribution in [3.05, 3.63) is 21.2 Å². The van der Waals surface area contributed by atoms with Crippen molar-refractivity contribution in [3.8, 4) is 0 Å². The van der Waals surface area contributed by atoms with Crippen LogP contribution in [0.4, 0.5) is 5.82 Å². The number of morpholine rings is 1. The number of rotatable bonds is 1. The highest BCUT2D eigenvalue weighted by Gasteiger charge is 2.37. The molecule has 1 aliphatic carbocycles. The Morgan fingerprint density at radius 3 is 3.06 bits per heavy atom. The first-order chi connectivity index (χ1) is 8.25. The normalized spacial score (nSPS) is 28.2. The predicted molar refractivity (Wildman–Crippen MR) is 74.4 cm³/mol. The standard InChI is InChI=1S/C12H14Br2N2O/c13-8-6-9(14)12(15-7-8)16-4-5-17-11-3-1-2-10(11)16/h6-7,10-11H,1-5H2. The Labute approximate surface area is 118 Å². The van der Waals surface area contributed by atoms with Crippen molar-refractivity contribution in [1.82, 2.24) is 4.98 Å². The highest BCUT2D eigenvalue weighted by Crippen LogP contribution is 2.35. The monoisotopic (exact) mass is 360 g/mol. The van der Waals surface area contributed by atoms with Gasteiger partial charge in [-0.2, -0.15) is 0 Å². The molecule has 2 heterocycles. The van der Waals surface area contributed by atoms with Crippen LogP contribution < -0.4 is 4.90 Å². The fraction of sp³-hybridized carbons (Fsp3) is 0.583. The zero-order valence-corrected chi connectivity index (χ0v) is 12.6. The number of ether oxygens (including phenoxy) is 1. The van der Waals surface area contributed by atoms with Crippen LogP contribution in [0.25, 0.3) is 0 Å². The number of pyridine rings is 1. The lowest BCUT2D eigenvalue weighted by Gasteiger charge is -2.38. The van der Waals surface area contributed by atoms with Crippen LogP contribution in [0.2, 0.25) is 0 Å². The summed E-state index contributed by atoms with van der Waals surface area (Å²) in [6.45, 7) is 1.75. The number of anilines is 1. The maximum absolute atomic E-state index is 5.82. The summed E-state index contributed by atoms with van der Waals surface area (Å²) in [5.41, 5.74) is 0. The SMILES string of the molecule is Brc1cnc(N2CCOC3CCCC32)c(Br)c1. The van der Waals surface area contributed by atoms with E-state index in [9.17, 15) is 0 Å². The summed E-state index contributed by atoms with van der Waals surface area (Å²) in [5, 5.41) is 0. The second kappa shape index (κ2) is 4.86. The molecular formula is C12H14Br2N2O. The van der Waals surface area contributed by atoms with Gasteiger partial charge in [-0.25, -0.2) is 4.98 Å². The van der Waals surface area contributed by atoms with Crippen molar-refractivity contribution in [2.45, 2.75) is 31.4 Å². The first-order valence-corrected chi connectivity index (χ1v) is 7.53. The highest BCUT2D eigenvalue weighted by atomic mass is 79.9. The Hall–Kier alpha value is -0.130. The first-order valence-electron chi connectivity index (χ1n) is 5.95. The van der Waals surface area contributed by atoms with Crippen LogP contribution in [-0.4, -0.2) is 30.3 Å². The van der Waals surface area contributed by atoms with Gasteiger partial charge in [-0.3, -0.25) is 0 Å². The van der Waals surface area contributed by atoms with Gasteiger partial charge in [0.2, 0.25) is 0 Å². The van der Waals surface area contributed by atoms with Crippen LogP contribution in [0.5, 0.6) is 0 Å².